The molecule has 0 aliphatic carbocycles. The van der Waals surface area contributed by atoms with E-state index in [0.29, 0.717) is 35.3 Å². The molecule has 1 aromatic carbocycles. The summed E-state index contributed by atoms with van der Waals surface area (Å²) >= 11 is 0. The second-order valence-electron chi connectivity index (χ2n) is 5.77. The van der Waals surface area contributed by atoms with Crippen LogP contribution in [0.4, 0.5) is 10.1 Å². The van der Waals surface area contributed by atoms with E-state index in [2.05, 4.69) is 10.1 Å². The van der Waals surface area contributed by atoms with Crippen molar-refractivity contribution >= 4 is 11.6 Å². The fourth-order valence-corrected chi connectivity index (χ4v) is 2.83. The molecule has 1 atom stereocenters. The molecule has 0 saturated carbocycles. The van der Waals surface area contributed by atoms with Crippen LogP contribution >= 0.6 is 0 Å². The van der Waals surface area contributed by atoms with Gasteiger partial charge in [-0.2, -0.15) is 4.98 Å². The van der Waals surface area contributed by atoms with Crippen LogP contribution in [0.3, 0.4) is 0 Å². The van der Waals surface area contributed by atoms with Crippen LogP contribution in [0.5, 0.6) is 0 Å². The minimum absolute atomic E-state index is 0.0460. The van der Waals surface area contributed by atoms with Crippen molar-refractivity contribution < 1.29 is 18.1 Å². The fourth-order valence-electron chi connectivity index (χ4n) is 2.83. The van der Waals surface area contributed by atoms with Crippen LogP contribution in [0.1, 0.15) is 23.7 Å². The zero-order valence-electron chi connectivity index (χ0n) is 12.9. The van der Waals surface area contributed by atoms with Crippen LogP contribution in [-0.4, -0.2) is 22.6 Å². The average Bonchev–Trinajstić information content (AvgIpc) is 3.28. The molecular weight excluding hydrogens is 313 g/mol. The average molecular weight is 327 g/mol. The fraction of sp³-hybridized carbons (Fsp3) is 0.235. The van der Waals surface area contributed by atoms with E-state index >= 15 is 0 Å². The lowest BCUT2D eigenvalue weighted by molar-refractivity contribution is -0.117. The molecule has 0 bridgehead atoms. The number of benzene rings is 1. The third-order valence-corrected chi connectivity index (χ3v) is 4.12. The molecule has 1 saturated heterocycles. The maximum absolute atomic E-state index is 13.4. The summed E-state index contributed by atoms with van der Waals surface area (Å²) in [5, 5.41) is 3.96. The van der Waals surface area contributed by atoms with Crippen LogP contribution in [-0.2, 0) is 4.79 Å². The minimum atomic E-state index is -0.289. The second kappa shape index (κ2) is 5.59. The first kappa shape index (κ1) is 14.6. The van der Waals surface area contributed by atoms with Gasteiger partial charge in [0.25, 0.3) is 5.89 Å². The van der Waals surface area contributed by atoms with Crippen molar-refractivity contribution in [3.05, 3.63) is 53.8 Å². The highest BCUT2D eigenvalue weighted by Gasteiger charge is 2.35. The normalized spacial score (nSPS) is 17.7. The molecule has 122 valence electrons. The van der Waals surface area contributed by atoms with Gasteiger partial charge in [0, 0.05) is 24.6 Å². The zero-order valence-corrected chi connectivity index (χ0v) is 12.9. The van der Waals surface area contributed by atoms with Gasteiger partial charge in [-0.15, -0.1) is 0 Å². The largest absolute Gasteiger partial charge is 0.459 e. The van der Waals surface area contributed by atoms with E-state index in [1.807, 2.05) is 0 Å². The standard InChI is InChI=1S/C17H14FN3O3/c1-10-7-12(4-5-13(10)18)21-9-11(8-15(21)22)16-19-17(24-20-16)14-3-2-6-23-14/h2-7,11H,8-9H2,1H3. The summed E-state index contributed by atoms with van der Waals surface area (Å²) in [7, 11) is 0. The van der Waals surface area contributed by atoms with Gasteiger partial charge in [-0.3, -0.25) is 4.79 Å². The van der Waals surface area contributed by atoms with Crippen LogP contribution in [0.25, 0.3) is 11.7 Å². The number of furan rings is 1. The van der Waals surface area contributed by atoms with Gasteiger partial charge in [-0.1, -0.05) is 5.16 Å². The highest BCUT2D eigenvalue weighted by Crippen LogP contribution is 2.32. The number of nitrogens with zero attached hydrogens (tertiary/aromatic N) is 3. The summed E-state index contributed by atoms with van der Waals surface area (Å²) in [6.07, 6.45) is 1.81. The number of aromatic nitrogens is 2. The Morgan fingerprint density at radius 2 is 2.21 bits per heavy atom. The van der Waals surface area contributed by atoms with Crippen LogP contribution < -0.4 is 4.90 Å². The topological polar surface area (TPSA) is 72.4 Å². The Kier molecular flexibility index (Phi) is 3.41. The molecule has 1 unspecified atom stereocenters. The van der Waals surface area contributed by atoms with Crippen molar-refractivity contribution in [2.24, 2.45) is 0 Å². The van der Waals surface area contributed by atoms with Gasteiger partial charge in [0.2, 0.25) is 5.91 Å². The SMILES string of the molecule is Cc1cc(N2CC(c3noc(-c4ccco4)n3)CC2=O)ccc1F. The number of hydrogen-bond donors (Lipinski definition) is 0. The molecule has 3 aromatic rings. The van der Waals surface area contributed by atoms with E-state index in [9.17, 15) is 9.18 Å². The Hall–Kier alpha value is -2.96. The van der Waals surface area contributed by atoms with E-state index in [0.717, 1.165) is 0 Å². The third kappa shape index (κ3) is 2.47. The number of halogens is 1. The van der Waals surface area contributed by atoms with Crippen molar-refractivity contribution in [3.8, 4) is 11.7 Å². The molecule has 1 aliphatic rings. The number of carbonyl (C=O) groups excluding carboxylic acids is 1. The lowest BCUT2D eigenvalue weighted by Crippen LogP contribution is -2.24. The van der Waals surface area contributed by atoms with Crippen molar-refractivity contribution in [1.82, 2.24) is 10.1 Å². The molecule has 3 heterocycles. The molecule has 6 nitrogen and oxygen atoms in total. The smallest absolute Gasteiger partial charge is 0.293 e. The Bertz CT molecular complexity index is 888. The summed E-state index contributed by atoms with van der Waals surface area (Å²) < 4.78 is 23.8. The predicted octanol–water partition coefficient (Wildman–Crippen LogP) is 3.30. The van der Waals surface area contributed by atoms with Crippen molar-refractivity contribution in [2.75, 3.05) is 11.4 Å². The van der Waals surface area contributed by atoms with Gasteiger partial charge in [-0.25, -0.2) is 4.39 Å². The maximum Gasteiger partial charge on any atom is 0.293 e. The summed E-state index contributed by atoms with van der Waals surface area (Å²) in [5.74, 6) is 0.743. The lowest BCUT2D eigenvalue weighted by Gasteiger charge is -2.16. The van der Waals surface area contributed by atoms with Gasteiger partial charge < -0.3 is 13.8 Å². The monoisotopic (exact) mass is 327 g/mol. The number of anilines is 1. The highest BCUT2D eigenvalue weighted by molar-refractivity contribution is 5.96. The molecule has 1 aliphatic heterocycles. The Balaban J connectivity index is 1.56. The summed E-state index contributed by atoms with van der Waals surface area (Å²) in [6, 6.07) is 8.10. The van der Waals surface area contributed by atoms with E-state index in [4.69, 9.17) is 8.94 Å². The molecule has 4 rings (SSSR count). The van der Waals surface area contributed by atoms with E-state index < -0.39 is 0 Å². The Morgan fingerprint density at radius 3 is 2.96 bits per heavy atom. The number of carbonyl (C=O) groups is 1. The molecule has 0 radical (unpaired) electrons. The van der Waals surface area contributed by atoms with Crippen LogP contribution in [0, 0.1) is 12.7 Å². The maximum atomic E-state index is 13.4. The Labute approximate surface area is 136 Å². The summed E-state index contributed by atoms with van der Waals surface area (Å²) in [4.78, 5) is 18.3. The molecule has 2 aromatic heterocycles. The number of amides is 1. The molecule has 1 fully saturated rings. The molecular formula is C17H14FN3O3. The first-order chi connectivity index (χ1) is 11.6. The summed E-state index contributed by atoms with van der Waals surface area (Å²) in [6.45, 7) is 2.10. The minimum Gasteiger partial charge on any atom is -0.459 e. The molecule has 7 heteroatoms. The quantitative estimate of drug-likeness (QED) is 0.738. The van der Waals surface area contributed by atoms with Crippen LogP contribution in [0.15, 0.2) is 45.5 Å². The first-order valence-electron chi connectivity index (χ1n) is 7.56. The lowest BCUT2D eigenvalue weighted by atomic mass is 10.1. The van der Waals surface area contributed by atoms with Gasteiger partial charge in [0.1, 0.15) is 5.82 Å². The number of hydrogen-bond acceptors (Lipinski definition) is 5. The highest BCUT2D eigenvalue weighted by atomic mass is 19.1. The molecule has 1 amide bonds. The van der Waals surface area contributed by atoms with Gasteiger partial charge in [-0.05, 0) is 42.8 Å². The predicted molar refractivity (Wildman–Crippen MR) is 82.8 cm³/mol. The van der Waals surface area contributed by atoms with E-state index in [1.54, 1.807) is 36.1 Å². The zero-order chi connectivity index (χ0) is 16.7. The van der Waals surface area contributed by atoms with E-state index in [-0.39, 0.29) is 24.1 Å². The van der Waals surface area contributed by atoms with Gasteiger partial charge in [0.15, 0.2) is 11.6 Å². The van der Waals surface area contributed by atoms with Crippen LogP contribution in [0.2, 0.25) is 0 Å². The second-order valence-corrected chi connectivity index (χ2v) is 5.77. The molecule has 0 spiro atoms. The number of aryl methyl sites for hydroxylation is 1. The van der Waals surface area contributed by atoms with Crippen molar-refractivity contribution in [3.63, 3.8) is 0 Å². The molecule has 0 N–H and O–H groups in total. The Morgan fingerprint density at radius 1 is 1.33 bits per heavy atom. The summed E-state index contributed by atoms with van der Waals surface area (Å²) in [5.41, 5.74) is 1.18. The van der Waals surface area contributed by atoms with E-state index in [1.165, 1.54) is 12.3 Å². The third-order valence-electron chi connectivity index (χ3n) is 4.12. The molecule has 24 heavy (non-hydrogen) atoms. The van der Waals surface area contributed by atoms with Crippen molar-refractivity contribution in [1.29, 1.82) is 0 Å². The van der Waals surface area contributed by atoms with Gasteiger partial charge in [0.05, 0.1) is 6.26 Å². The van der Waals surface area contributed by atoms with Crippen molar-refractivity contribution in [2.45, 2.75) is 19.3 Å². The number of rotatable bonds is 3. The van der Waals surface area contributed by atoms with Gasteiger partial charge >= 0.3 is 0 Å². The first-order valence-corrected chi connectivity index (χ1v) is 7.56.